The Morgan fingerprint density at radius 3 is 2.96 bits per heavy atom. The number of nitrogens with one attached hydrogen (secondary N) is 1. The Balaban J connectivity index is 1.51. The first-order valence-corrected chi connectivity index (χ1v) is 7.00. The average Bonchev–Trinajstić information content (AvgIpc) is 2.99. The van der Waals surface area contributed by atoms with E-state index in [4.69, 9.17) is 4.74 Å². The normalized spacial score (nSPS) is 10.5. The number of amides is 1. The van der Waals surface area contributed by atoms with Gasteiger partial charge in [0, 0.05) is 23.6 Å². The van der Waals surface area contributed by atoms with Gasteiger partial charge in [0.05, 0.1) is 17.7 Å². The molecule has 1 amide bonds. The summed E-state index contributed by atoms with van der Waals surface area (Å²) >= 11 is 0. The summed E-state index contributed by atoms with van der Waals surface area (Å²) in [6, 6.07) is 7.53. The molecule has 0 saturated heterocycles. The predicted molar refractivity (Wildman–Crippen MR) is 79.8 cm³/mol. The number of pyridine rings is 1. The van der Waals surface area contributed by atoms with Crippen LogP contribution >= 0.6 is 0 Å². The Morgan fingerprint density at radius 1 is 1.29 bits per heavy atom. The molecular formula is C15H12N4O5. The Labute approximate surface area is 135 Å². The fourth-order valence-corrected chi connectivity index (χ4v) is 1.99. The Morgan fingerprint density at radius 2 is 2.17 bits per heavy atom. The summed E-state index contributed by atoms with van der Waals surface area (Å²) in [6.45, 7) is 0.162. The minimum absolute atomic E-state index is 0.00322. The zero-order valence-electron chi connectivity index (χ0n) is 12.3. The SMILES string of the molecule is O=C(NCCOC(=O)c1ccc2c(c1)no[n+]2[O-])c1cccnc1. The van der Waals surface area contributed by atoms with E-state index in [1.165, 1.54) is 24.4 Å². The van der Waals surface area contributed by atoms with E-state index in [-0.39, 0.29) is 40.6 Å². The van der Waals surface area contributed by atoms with Gasteiger partial charge in [-0.05, 0) is 29.2 Å². The second kappa shape index (κ2) is 6.73. The molecule has 0 spiro atoms. The number of benzene rings is 1. The molecular weight excluding hydrogens is 316 g/mol. The van der Waals surface area contributed by atoms with Crippen LogP contribution in [-0.4, -0.2) is 35.2 Å². The first kappa shape index (κ1) is 15.4. The molecule has 0 bridgehead atoms. The van der Waals surface area contributed by atoms with Crippen LogP contribution in [0.2, 0.25) is 0 Å². The van der Waals surface area contributed by atoms with Crippen molar-refractivity contribution < 1.29 is 23.9 Å². The monoisotopic (exact) mass is 328 g/mol. The molecule has 0 saturated carbocycles. The number of fused-ring (bicyclic) bond motifs is 1. The van der Waals surface area contributed by atoms with Gasteiger partial charge in [-0.15, -0.1) is 0 Å². The van der Waals surface area contributed by atoms with Gasteiger partial charge in [0.15, 0.2) is 0 Å². The first-order valence-electron chi connectivity index (χ1n) is 7.00. The van der Waals surface area contributed by atoms with Gasteiger partial charge < -0.3 is 15.3 Å². The quantitative estimate of drug-likeness (QED) is 0.410. The molecule has 1 aromatic carbocycles. The molecule has 3 aromatic rings. The van der Waals surface area contributed by atoms with Crippen molar-refractivity contribution >= 4 is 22.9 Å². The maximum absolute atomic E-state index is 11.9. The zero-order valence-corrected chi connectivity index (χ0v) is 12.3. The fourth-order valence-electron chi connectivity index (χ4n) is 1.99. The number of esters is 1. The number of aromatic nitrogens is 3. The highest BCUT2D eigenvalue weighted by atomic mass is 16.8. The van der Waals surface area contributed by atoms with Crippen LogP contribution in [0.25, 0.3) is 11.0 Å². The van der Waals surface area contributed by atoms with Gasteiger partial charge in [0.1, 0.15) is 6.61 Å². The third-order valence-corrected chi connectivity index (χ3v) is 3.17. The molecule has 2 heterocycles. The van der Waals surface area contributed by atoms with E-state index in [9.17, 15) is 14.8 Å². The lowest BCUT2D eigenvalue weighted by Gasteiger charge is -2.06. The first-order chi connectivity index (χ1) is 11.6. The van der Waals surface area contributed by atoms with Crippen molar-refractivity contribution in [1.82, 2.24) is 15.5 Å². The molecule has 0 atom stereocenters. The number of hydrogen-bond acceptors (Lipinski definition) is 7. The zero-order chi connectivity index (χ0) is 16.9. The smallest absolute Gasteiger partial charge is 0.338 e. The highest BCUT2D eigenvalue weighted by molar-refractivity contribution is 5.94. The van der Waals surface area contributed by atoms with Crippen LogP contribution in [0.5, 0.6) is 0 Å². The number of carbonyl (C=O) groups excluding carboxylic acids is 2. The molecule has 122 valence electrons. The second-order valence-corrected chi connectivity index (χ2v) is 4.77. The Hall–Kier alpha value is -3.49. The van der Waals surface area contributed by atoms with Gasteiger partial charge >= 0.3 is 5.97 Å². The molecule has 2 aromatic heterocycles. The van der Waals surface area contributed by atoms with E-state index in [2.05, 4.69) is 20.1 Å². The summed E-state index contributed by atoms with van der Waals surface area (Å²) < 4.78 is 9.48. The van der Waals surface area contributed by atoms with Crippen LogP contribution in [0, 0.1) is 5.21 Å². The van der Waals surface area contributed by atoms with Crippen LogP contribution in [-0.2, 0) is 4.74 Å². The number of hydrogen-bond donors (Lipinski definition) is 1. The van der Waals surface area contributed by atoms with Crippen molar-refractivity contribution in [1.29, 1.82) is 0 Å². The van der Waals surface area contributed by atoms with E-state index in [0.717, 1.165) is 0 Å². The number of carbonyl (C=O) groups is 2. The lowest BCUT2D eigenvalue weighted by atomic mass is 10.2. The van der Waals surface area contributed by atoms with Crippen LogP contribution in [0.4, 0.5) is 0 Å². The lowest BCUT2D eigenvalue weighted by Crippen LogP contribution is -2.28. The highest BCUT2D eigenvalue weighted by Gasteiger charge is 2.14. The number of rotatable bonds is 5. The maximum Gasteiger partial charge on any atom is 0.338 e. The standard InChI is InChI=1S/C15H12N4O5/c20-14(11-2-1-5-16-9-11)17-6-7-23-15(21)10-3-4-13-12(8-10)18-24-19(13)22/h1-5,8-9H,6-7H2,(H,17,20). The summed E-state index contributed by atoms with van der Waals surface area (Å²) in [5.74, 6) is -0.892. The highest BCUT2D eigenvalue weighted by Crippen LogP contribution is 2.11. The molecule has 0 radical (unpaired) electrons. The molecule has 24 heavy (non-hydrogen) atoms. The lowest BCUT2D eigenvalue weighted by molar-refractivity contribution is -0.782. The summed E-state index contributed by atoms with van der Waals surface area (Å²) in [5, 5.41) is 17.3. The van der Waals surface area contributed by atoms with Gasteiger partial charge in [-0.1, -0.05) is 0 Å². The van der Waals surface area contributed by atoms with Crippen molar-refractivity contribution in [2.45, 2.75) is 0 Å². The predicted octanol–water partition coefficient (Wildman–Crippen LogP) is 0.443. The van der Waals surface area contributed by atoms with E-state index < -0.39 is 5.97 Å². The molecule has 0 unspecified atom stereocenters. The summed E-state index contributed by atoms with van der Waals surface area (Å²) in [4.78, 5) is 27.8. The van der Waals surface area contributed by atoms with Crippen molar-refractivity contribution in [3.63, 3.8) is 0 Å². The number of ether oxygens (including phenoxy) is 1. The van der Waals surface area contributed by atoms with Crippen molar-refractivity contribution in [2.75, 3.05) is 13.2 Å². The number of nitrogens with zero attached hydrogens (tertiary/aromatic N) is 3. The molecule has 3 rings (SSSR count). The third-order valence-electron chi connectivity index (χ3n) is 3.17. The van der Waals surface area contributed by atoms with Gasteiger partial charge in [-0.25, -0.2) is 4.79 Å². The Kier molecular flexibility index (Phi) is 4.32. The maximum atomic E-state index is 11.9. The van der Waals surface area contributed by atoms with Crippen LogP contribution in [0.15, 0.2) is 47.4 Å². The van der Waals surface area contributed by atoms with Gasteiger partial charge in [0.2, 0.25) is 11.0 Å². The second-order valence-electron chi connectivity index (χ2n) is 4.77. The van der Waals surface area contributed by atoms with E-state index in [1.54, 1.807) is 18.3 Å². The summed E-state index contributed by atoms with van der Waals surface area (Å²) in [7, 11) is 0. The van der Waals surface area contributed by atoms with Crippen molar-refractivity contribution in [3.8, 4) is 0 Å². The Bertz CT molecular complexity index is 878. The van der Waals surface area contributed by atoms with Gasteiger partial charge in [-0.2, -0.15) is 0 Å². The largest absolute Gasteiger partial charge is 0.460 e. The molecule has 0 fully saturated rings. The topological polar surface area (TPSA) is 121 Å². The molecule has 1 N–H and O–H groups in total. The average molecular weight is 328 g/mol. The van der Waals surface area contributed by atoms with E-state index in [0.29, 0.717) is 5.56 Å². The van der Waals surface area contributed by atoms with E-state index >= 15 is 0 Å². The molecule has 0 aliphatic rings. The fraction of sp³-hybridized carbons (Fsp3) is 0.133. The molecule has 0 aliphatic heterocycles. The van der Waals surface area contributed by atoms with Crippen LogP contribution < -0.4 is 10.2 Å². The molecule has 9 nitrogen and oxygen atoms in total. The minimum Gasteiger partial charge on any atom is -0.460 e. The third kappa shape index (κ3) is 3.29. The van der Waals surface area contributed by atoms with Gasteiger partial charge in [0.25, 0.3) is 5.91 Å². The van der Waals surface area contributed by atoms with Crippen molar-refractivity contribution in [2.24, 2.45) is 0 Å². The molecule has 9 heteroatoms. The van der Waals surface area contributed by atoms with Crippen LogP contribution in [0.3, 0.4) is 0 Å². The summed E-state index contributed by atoms with van der Waals surface area (Å²) in [5.41, 5.74) is 1.13. The minimum atomic E-state index is -0.590. The van der Waals surface area contributed by atoms with Crippen molar-refractivity contribution in [3.05, 3.63) is 59.1 Å². The molecule has 0 aliphatic carbocycles. The van der Waals surface area contributed by atoms with Gasteiger partial charge in [-0.3, -0.25) is 14.4 Å². The van der Waals surface area contributed by atoms with Crippen LogP contribution in [0.1, 0.15) is 20.7 Å². The summed E-state index contributed by atoms with van der Waals surface area (Å²) in [6.07, 6.45) is 3.01. The van der Waals surface area contributed by atoms with E-state index in [1.807, 2.05) is 0 Å².